The fourth-order valence-corrected chi connectivity index (χ4v) is 4.01. The van der Waals surface area contributed by atoms with Gasteiger partial charge >= 0.3 is 0 Å². The Morgan fingerprint density at radius 3 is 2.72 bits per heavy atom. The van der Waals surface area contributed by atoms with Crippen LogP contribution in [0, 0.1) is 5.92 Å². The Kier molecular flexibility index (Phi) is 4.22. The molecule has 2 saturated heterocycles. The quantitative estimate of drug-likeness (QED) is 0.820. The number of nitrogens with one attached hydrogen (secondary N) is 1. The monoisotopic (exact) mass is 253 g/mol. The minimum Gasteiger partial charge on any atom is -0.378 e. The molecule has 1 spiro atoms. The molecule has 2 heterocycles. The molecule has 18 heavy (non-hydrogen) atoms. The van der Waals surface area contributed by atoms with Crippen molar-refractivity contribution in [1.29, 1.82) is 0 Å². The van der Waals surface area contributed by atoms with E-state index in [9.17, 15) is 0 Å². The summed E-state index contributed by atoms with van der Waals surface area (Å²) in [6, 6.07) is 0.523. The van der Waals surface area contributed by atoms with Crippen molar-refractivity contribution in [2.75, 3.05) is 26.4 Å². The van der Waals surface area contributed by atoms with Crippen molar-refractivity contribution < 1.29 is 9.47 Å². The second-order valence-corrected chi connectivity index (χ2v) is 6.32. The van der Waals surface area contributed by atoms with Crippen LogP contribution in [0.15, 0.2) is 0 Å². The summed E-state index contributed by atoms with van der Waals surface area (Å²) in [4.78, 5) is 0. The van der Waals surface area contributed by atoms with Gasteiger partial charge < -0.3 is 14.8 Å². The van der Waals surface area contributed by atoms with E-state index in [0.717, 1.165) is 38.7 Å². The predicted molar refractivity (Wildman–Crippen MR) is 71.7 cm³/mol. The molecule has 3 rings (SSSR count). The Bertz CT molecular complexity index is 249. The second kappa shape index (κ2) is 5.89. The smallest absolute Gasteiger partial charge is 0.107 e. The number of ether oxygens (including phenoxy) is 2. The molecule has 3 heteroatoms. The molecule has 0 aromatic rings. The van der Waals surface area contributed by atoms with Gasteiger partial charge in [-0.05, 0) is 25.2 Å². The molecule has 1 saturated carbocycles. The largest absolute Gasteiger partial charge is 0.378 e. The number of morpholine rings is 1. The first kappa shape index (κ1) is 12.9. The molecule has 0 radical (unpaired) electrons. The molecular weight excluding hydrogens is 226 g/mol. The zero-order valence-corrected chi connectivity index (χ0v) is 11.5. The summed E-state index contributed by atoms with van der Waals surface area (Å²) >= 11 is 0. The summed E-state index contributed by atoms with van der Waals surface area (Å²) in [7, 11) is 0. The maximum absolute atomic E-state index is 6.17. The molecular formula is C15H27NO2. The third kappa shape index (κ3) is 2.73. The number of hydrogen-bond donors (Lipinski definition) is 1. The molecule has 2 aliphatic heterocycles. The lowest BCUT2D eigenvalue weighted by molar-refractivity contribution is -0.166. The molecule has 1 N–H and O–H groups in total. The first-order chi connectivity index (χ1) is 8.89. The van der Waals surface area contributed by atoms with Crippen molar-refractivity contribution in [3.05, 3.63) is 0 Å². The molecule has 2 unspecified atom stereocenters. The van der Waals surface area contributed by atoms with Gasteiger partial charge in [0.1, 0.15) is 5.60 Å². The first-order valence-corrected chi connectivity index (χ1v) is 7.84. The lowest BCUT2D eigenvalue weighted by Crippen LogP contribution is -2.62. The maximum atomic E-state index is 6.17. The predicted octanol–water partition coefficient (Wildman–Crippen LogP) is 2.49. The lowest BCUT2D eigenvalue weighted by atomic mass is 9.77. The molecule has 3 aliphatic rings. The zero-order chi connectivity index (χ0) is 12.3. The van der Waals surface area contributed by atoms with Gasteiger partial charge in [-0.15, -0.1) is 0 Å². The minimum absolute atomic E-state index is 0.00600. The standard InChI is InChI=1S/C15H27NO2/c1-2-5-13(6-3-1)11-14-15(18-10-8-16-14)7-4-9-17-12-15/h13-14,16H,1-12H2. The number of rotatable bonds is 2. The third-order valence-corrected chi connectivity index (χ3v) is 5.05. The van der Waals surface area contributed by atoms with Crippen LogP contribution in [0.3, 0.4) is 0 Å². The van der Waals surface area contributed by atoms with E-state index in [2.05, 4.69) is 5.32 Å². The summed E-state index contributed by atoms with van der Waals surface area (Å²) in [5.74, 6) is 0.914. The summed E-state index contributed by atoms with van der Waals surface area (Å²) < 4.78 is 11.9. The van der Waals surface area contributed by atoms with Gasteiger partial charge in [0.2, 0.25) is 0 Å². The van der Waals surface area contributed by atoms with Crippen LogP contribution >= 0.6 is 0 Å². The molecule has 0 amide bonds. The van der Waals surface area contributed by atoms with E-state index >= 15 is 0 Å². The molecule has 0 bridgehead atoms. The van der Waals surface area contributed by atoms with E-state index in [1.165, 1.54) is 44.9 Å². The van der Waals surface area contributed by atoms with E-state index in [1.54, 1.807) is 0 Å². The van der Waals surface area contributed by atoms with Gasteiger partial charge in [0.05, 0.1) is 13.2 Å². The molecule has 104 valence electrons. The Labute approximate surface area is 111 Å². The minimum atomic E-state index is -0.00600. The van der Waals surface area contributed by atoms with E-state index in [-0.39, 0.29) is 5.60 Å². The topological polar surface area (TPSA) is 30.5 Å². The van der Waals surface area contributed by atoms with Gasteiger partial charge in [0.25, 0.3) is 0 Å². The molecule has 3 nitrogen and oxygen atoms in total. The van der Waals surface area contributed by atoms with Gasteiger partial charge in [-0.3, -0.25) is 0 Å². The van der Waals surface area contributed by atoms with E-state index in [4.69, 9.17) is 9.47 Å². The van der Waals surface area contributed by atoms with Crippen LogP contribution in [-0.4, -0.2) is 38.0 Å². The van der Waals surface area contributed by atoms with E-state index in [1.807, 2.05) is 0 Å². The molecule has 3 fully saturated rings. The molecule has 0 aromatic heterocycles. The molecule has 2 atom stereocenters. The highest BCUT2D eigenvalue weighted by molar-refractivity contribution is 4.98. The van der Waals surface area contributed by atoms with Gasteiger partial charge in [0.15, 0.2) is 0 Å². The van der Waals surface area contributed by atoms with E-state index < -0.39 is 0 Å². The summed E-state index contributed by atoms with van der Waals surface area (Å²) in [5.41, 5.74) is -0.00600. The van der Waals surface area contributed by atoms with Gasteiger partial charge in [-0.1, -0.05) is 32.1 Å². The van der Waals surface area contributed by atoms with Crippen molar-refractivity contribution >= 4 is 0 Å². The van der Waals surface area contributed by atoms with Crippen LogP contribution < -0.4 is 5.32 Å². The van der Waals surface area contributed by atoms with Crippen molar-refractivity contribution in [2.24, 2.45) is 5.92 Å². The van der Waals surface area contributed by atoms with Crippen molar-refractivity contribution in [3.63, 3.8) is 0 Å². The zero-order valence-electron chi connectivity index (χ0n) is 11.5. The van der Waals surface area contributed by atoms with Gasteiger partial charge in [0, 0.05) is 19.2 Å². The van der Waals surface area contributed by atoms with Crippen LogP contribution in [0.1, 0.15) is 51.4 Å². The second-order valence-electron chi connectivity index (χ2n) is 6.32. The average molecular weight is 253 g/mol. The first-order valence-electron chi connectivity index (χ1n) is 7.84. The van der Waals surface area contributed by atoms with Crippen LogP contribution in [-0.2, 0) is 9.47 Å². The Morgan fingerprint density at radius 1 is 1.06 bits per heavy atom. The average Bonchev–Trinajstić information content (AvgIpc) is 2.44. The maximum Gasteiger partial charge on any atom is 0.107 e. The Balaban J connectivity index is 1.63. The van der Waals surface area contributed by atoms with Crippen molar-refractivity contribution in [1.82, 2.24) is 5.32 Å². The van der Waals surface area contributed by atoms with Crippen molar-refractivity contribution in [3.8, 4) is 0 Å². The van der Waals surface area contributed by atoms with Crippen LogP contribution in [0.2, 0.25) is 0 Å². The highest BCUT2D eigenvalue weighted by Crippen LogP contribution is 2.35. The summed E-state index contributed by atoms with van der Waals surface area (Å²) in [6.07, 6.45) is 10.8. The SMILES string of the molecule is C1CCC(CC2NCCOC23CCCOC3)CC1. The molecule has 0 aromatic carbocycles. The Hall–Kier alpha value is -0.120. The summed E-state index contributed by atoms with van der Waals surface area (Å²) in [5, 5.41) is 3.72. The summed E-state index contributed by atoms with van der Waals surface area (Å²) in [6.45, 7) is 3.59. The fourth-order valence-electron chi connectivity index (χ4n) is 4.01. The van der Waals surface area contributed by atoms with Gasteiger partial charge in [-0.2, -0.15) is 0 Å². The number of hydrogen-bond acceptors (Lipinski definition) is 3. The lowest BCUT2D eigenvalue weighted by Gasteiger charge is -2.47. The van der Waals surface area contributed by atoms with E-state index in [0.29, 0.717) is 6.04 Å². The fraction of sp³-hybridized carbons (Fsp3) is 1.00. The van der Waals surface area contributed by atoms with Gasteiger partial charge in [-0.25, -0.2) is 0 Å². The highest BCUT2D eigenvalue weighted by atomic mass is 16.5. The molecule has 1 aliphatic carbocycles. The third-order valence-electron chi connectivity index (χ3n) is 5.05. The van der Waals surface area contributed by atoms with Crippen LogP contribution in [0.25, 0.3) is 0 Å². The Morgan fingerprint density at radius 2 is 1.94 bits per heavy atom. The normalized spacial score (nSPS) is 39.0. The van der Waals surface area contributed by atoms with Crippen LogP contribution in [0.5, 0.6) is 0 Å². The van der Waals surface area contributed by atoms with Crippen molar-refractivity contribution in [2.45, 2.75) is 63.0 Å². The highest BCUT2D eigenvalue weighted by Gasteiger charge is 2.44. The van der Waals surface area contributed by atoms with Crippen LogP contribution in [0.4, 0.5) is 0 Å².